The summed E-state index contributed by atoms with van der Waals surface area (Å²) in [6.45, 7) is 1.57. The highest BCUT2D eigenvalue weighted by Gasteiger charge is 2.34. The van der Waals surface area contributed by atoms with Crippen LogP contribution in [0, 0.1) is 0 Å². The van der Waals surface area contributed by atoms with Crippen molar-refractivity contribution in [3.05, 3.63) is 48.3 Å². The molecule has 0 aliphatic carbocycles. The van der Waals surface area contributed by atoms with Crippen molar-refractivity contribution in [2.45, 2.75) is 18.9 Å². The highest BCUT2D eigenvalue weighted by molar-refractivity contribution is 5.83. The van der Waals surface area contributed by atoms with E-state index < -0.39 is 11.5 Å². The molecule has 0 aliphatic heterocycles. The van der Waals surface area contributed by atoms with Crippen molar-refractivity contribution in [2.24, 2.45) is 0 Å². The number of carbonyl (C=O) groups excluding carboxylic acids is 2. The molecular weight excluding hydrogens is 284 g/mol. The van der Waals surface area contributed by atoms with E-state index >= 15 is 0 Å². The number of amides is 1. The fraction of sp³-hybridized carbons (Fsp3) is 0.250. The molecule has 0 unspecified atom stereocenters. The lowest BCUT2D eigenvalue weighted by molar-refractivity contribution is -0.148. The maximum absolute atomic E-state index is 11.9. The van der Waals surface area contributed by atoms with Crippen LogP contribution < -0.4 is 5.32 Å². The highest BCUT2D eigenvalue weighted by atomic mass is 16.5. The summed E-state index contributed by atoms with van der Waals surface area (Å²) in [7, 11) is 1.26. The number of rotatable bonds is 6. The van der Waals surface area contributed by atoms with E-state index in [-0.39, 0.29) is 12.2 Å². The average molecular weight is 302 g/mol. The number of methoxy groups -OCH3 is 1. The first-order chi connectivity index (χ1) is 10.5. The maximum Gasteiger partial charge on any atom is 0.331 e. The minimum atomic E-state index is -1.18. The fourth-order valence-electron chi connectivity index (χ4n) is 2.34. The fourth-order valence-corrected chi connectivity index (χ4v) is 2.34. The molecule has 2 aromatic rings. The molecular formula is C16H18N2O4. The van der Waals surface area contributed by atoms with E-state index in [1.807, 2.05) is 24.5 Å². The molecule has 6 nitrogen and oxygen atoms in total. The SMILES string of the molecule is COC(=O)[C@](C)(Cc1ccc(-n2cccc2)c(O)c1)NC=O. The summed E-state index contributed by atoms with van der Waals surface area (Å²) in [5, 5.41) is 12.6. The number of carbonyl (C=O) groups is 2. The van der Waals surface area contributed by atoms with Gasteiger partial charge >= 0.3 is 5.97 Å². The molecule has 6 heteroatoms. The smallest absolute Gasteiger partial charge is 0.331 e. The molecule has 0 radical (unpaired) electrons. The van der Waals surface area contributed by atoms with Crippen LogP contribution in [-0.2, 0) is 20.7 Å². The Labute approximate surface area is 128 Å². The van der Waals surface area contributed by atoms with E-state index in [4.69, 9.17) is 4.74 Å². The molecule has 2 rings (SSSR count). The van der Waals surface area contributed by atoms with Crippen molar-refractivity contribution in [2.75, 3.05) is 7.11 Å². The van der Waals surface area contributed by atoms with Gasteiger partial charge in [0.05, 0.1) is 12.8 Å². The Morgan fingerprint density at radius 2 is 2.09 bits per heavy atom. The molecule has 2 N–H and O–H groups in total. The van der Waals surface area contributed by atoms with Crippen LogP contribution in [0.3, 0.4) is 0 Å². The molecule has 0 spiro atoms. The Balaban J connectivity index is 2.28. The monoisotopic (exact) mass is 302 g/mol. The first kappa shape index (κ1) is 15.6. The molecule has 0 bridgehead atoms. The van der Waals surface area contributed by atoms with Crippen molar-refractivity contribution < 1.29 is 19.4 Å². The van der Waals surface area contributed by atoms with E-state index in [0.717, 1.165) is 0 Å². The lowest BCUT2D eigenvalue weighted by Gasteiger charge is -2.26. The van der Waals surface area contributed by atoms with Crippen LogP contribution in [0.5, 0.6) is 5.75 Å². The number of hydrogen-bond donors (Lipinski definition) is 2. The zero-order valence-electron chi connectivity index (χ0n) is 12.4. The Hall–Kier alpha value is -2.76. The van der Waals surface area contributed by atoms with Gasteiger partial charge in [0.1, 0.15) is 11.3 Å². The first-order valence-electron chi connectivity index (χ1n) is 6.75. The van der Waals surface area contributed by atoms with E-state index in [2.05, 4.69) is 5.32 Å². The molecule has 0 aliphatic rings. The van der Waals surface area contributed by atoms with Gasteiger partial charge in [-0.3, -0.25) is 4.79 Å². The number of nitrogens with zero attached hydrogens (tertiary/aromatic N) is 1. The van der Waals surface area contributed by atoms with Crippen LogP contribution in [0.4, 0.5) is 0 Å². The van der Waals surface area contributed by atoms with Gasteiger partial charge in [0.2, 0.25) is 6.41 Å². The molecule has 1 aromatic carbocycles. The van der Waals surface area contributed by atoms with Crippen LogP contribution >= 0.6 is 0 Å². The van der Waals surface area contributed by atoms with Gasteiger partial charge in [0, 0.05) is 18.8 Å². The van der Waals surface area contributed by atoms with Gasteiger partial charge in [0.25, 0.3) is 0 Å². The van der Waals surface area contributed by atoms with E-state index in [0.29, 0.717) is 17.7 Å². The summed E-state index contributed by atoms with van der Waals surface area (Å²) < 4.78 is 6.51. The second kappa shape index (κ2) is 6.34. The molecule has 0 saturated heterocycles. The zero-order chi connectivity index (χ0) is 16.2. The lowest BCUT2D eigenvalue weighted by atomic mass is 9.92. The number of ether oxygens (including phenoxy) is 1. The number of phenols is 1. The third kappa shape index (κ3) is 3.11. The van der Waals surface area contributed by atoms with Crippen molar-refractivity contribution in [3.8, 4) is 11.4 Å². The third-order valence-electron chi connectivity index (χ3n) is 3.49. The standard InChI is InChI=1S/C16H18N2O4/c1-16(17-11-19,15(21)22-2)10-12-5-6-13(14(20)9-12)18-7-3-4-8-18/h3-9,11,20H,10H2,1-2H3,(H,17,19)/t16-/m0/s1. The van der Waals surface area contributed by atoms with Crippen LogP contribution in [0.2, 0.25) is 0 Å². The first-order valence-corrected chi connectivity index (χ1v) is 6.75. The summed E-state index contributed by atoms with van der Waals surface area (Å²) in [6.07, 6.45) is 4.31. The second-order valence-electron chi connectivity index (χ2n) is 5.18. The van der Waals surface area contributed by atoms with Crippen LogP contribution in [0.1, 0.15) is 12.5 Å². The summed E-state index contributed by atoms with van der Waals surface area (Å²) in [5.41, 5.74) is 0.158. The summed E-state index contributed by atoms with van der Waals surface area (Å²) >= 11 is 0. The third-order valence-corrected chi connectivity index (χ3v) is 3.49. The Kier molecular flexibility index (Phi) is 4.50. The molecule has 1 amide bonds. The number of nitrogens with one attached hydrogen (secondary N) is 1. The van der Waals surface area contributed by atoms with E-state index in [1.165, 1.54) is 7.11 Å². The second-order valence-corrected chi connectivity index (χ2v) is 5.18. The van der Waals surface area contributed by atoms with Crippen LogP contribution in [0.15, 0.2) is 42.7 Å². The van der Waals surface area contributed by atoms with Crippen molar-refractivity contribution in [1.29, 1.82) is 0 Å². The quantitative estimate of drug-likeness (QED) is 0.624. The van der Waals surface area contributed by atoms with Gasteiger partial charge < -0.3 is 19.7 Å². The van der Waals surface area contributed by atoms with Gasteiger partial charge in [-0.2, -0.15) is 0 Å². The predicted octanol–water partition coefficient (Wildman–Crippen LogP) is 1.40. The molecule has 116 valence electrons. The topological polar surface area (TPSA) is 80.6 Å². The zero-order valence-corrected chi connectivity index (χ0v) is 12.4. The Morgan fingerprint density at radius 1 is 1.41 bits per heavy atom. The largest absolute Gasteiger partial charge is 0.506 e. The van der Waals surface area contributed by atoms with Gasteiger partial charge in [-0.1, -0.05) is 6.07 Å². The van der Waals surface area contributed by atoms with Crippen LogP contribution in [0.25, 0.3) is 5.69 Å². The van der Waals surface area contributed by atoms with Crippen molar-refractivity contribution in [3.63, 3.8) is 0 Å². The lowest BCUT2D eigenvalue weighted by Crippen LogP contribution is -2.51. The van der Waals surface area contributed by atoms with Crippen molar-refractivity contribution in [1.82, 2.24) is 9.88 Å². The maximum atomic E-state index is 11.9. The minimum absolute atomic E-state index is 0.0898. The number of aromatic hydroxyl groups is 1. The normalized spacial score (nSPS) is 13.2. The molecule has 0 saturated carbocycles. The van der Waals surface area contributed by atoms with Crippen LogP contribution in [-0.4, -0.2) is 34.7 Å². The van der Waals surface area contributed by atoms with Gasteiger partial charge in [0.15, 0.2) is 0 Å². The minimum Gasteiger partial charge on any atom is -0.506 e. The Morgan fingerprint density at radius 3 is 2.64 bits per heavy atom. The molecule has 22 heavy (non-hydrogen) atoms. The predicted molar refractivity (Wildman–Crippen MR) is 80.8 cm³/mol. The van der Waals surface area contributed by atoms with Gasteiger partial charge in [-0.15, -0.1) is 0 Å². The molecule has 0 fully saturated rings. The van der Waals surface area contributed by atoms with Gasteiger partial charge in [-0.05, 0) is 36.8 Å². The number of phenolic OH excluding ortho intramolecular Hbond substituents is 1. The molecule has 1 heterocycles. The summed E-state index contributed by atoms with van der Waals surface area (Å²) in [4.78, 5) is 22.6. The average Bonchev–Trinajstić information content (AvgIpc) is 3.00. The molecule has 1 aromatic heterocycles. The van der Waals surface area contributed by atoms with E-state index in [9.17, 15) is 14.7 Å². The number of aromatic nitrogens is 1. The highest BCUT2D eigenvalue weighted by Crippen LogP contribution is 2.25. The van der Waals surface area contributed by atoms with Crippen molar-refractivity contribution >= 4 is 12.4 Å². The summed E-state index contributed by atoms with van der Waals surface area (Å²) in [5.74, 6) is -0.458. The summed E-state index contributed by atoms with van der Waals surface area (Å²) in [6, 6.07) is 8.83. The molecule has 1 atom stereocenters. The van der Waals surface area contributed by atoms with Gasteiger partial charge in [-0.25, -0.2) is 4.79 Å². The van der Waals surface area contributed by atoms with E-state index in [1.54, 1.807) is 29.7 Å². The number of benzene rings is 1. The Bertz CT molecular complexity index is 667. The number of hydrogen-bond acceptors (Lipinski definition) is 4. The number of esters is 1.